The summed E-state index contributed by atoms with van der Waals surface area (Å²) >= 11 is 0. The van der Waals surface area contributed by atoms with Gasteiger partial charge in [0.1, 0.15) is 0 Å². The standard InChI is InChI=1S/C39H28N4.C8H8N2.C7H8/c1-40-23-25-19-29(21-30(20-25)35-22-28-7-2-3-8-31(28)32-9-4-5-10-33(32)35)26-12-14-27(15-13-26)38-34-16-18-41-24-36(34)39-37(43-38)11-6-17-42-39;1-10-8(9)7-5-3-2-4-6-7;1-7-5-3-2-4-6-7/h2-22,24,37,43H,1,23H2;2-6,9H,1H2;2-6H,1H3. The Morgan fingerprint density at radius 1 is 0.667 bits per heavy atom. The molecule has 0 spiro atoms. The summed E-state index contributed by atoms with van der Waals surface area (Å²) < 4.78 is 0. The summed E-state index contributed by atoms with van der Waals surface area (Å²) in [5.41, 5.74) is 11.2. The third-order valence-corrected chi connectivity index (χ3v) is 10.6. The van der Waals surface area contributed by atoms with Crippen molar-refractivity contribution in [1.82, 2.24) is 10.3 Å². The lowest BCUT2D eigenvalue weighted by Crippen LogP contribution is -2.46. The SMILES string of the molecule is C=NC(=N)c1ccccc1.C=NCc1cc(-c2ccc(C3=c4ccncc4=C4N=CC=CC4N3)cc2)cc(-c2cc3ccccc3c3ccccc23)c1.Cc1ccccc1. The number of allylic oxidation sites excluding steroid dienone is 1. The molecule has 6 nitrogen and oxygen atoms in total. The molecule has 8 aromatic rings. The van der Waals surface area contributed by atoms with Crippen LogP contribution in [0.2, 0.25) is 0 Å². The molecular formula is C54H44N6. The second-order valence-corrected chi connectivity index (χ2v) is 14.6. The number of nitrogens with one attached hydrogen (secondary N) is 2. The highest BCUT2D eigenvalue weighted by molar-refractivity contribution is 6.14. The molecule has 0 saturated heterocycles. The van der Waals surface area contributed by atoms with Crippen LogP contribution in [0.1, 0.15) is 22.3 Å². The van der Waals surface area contributed by atoms with E-state index in [0.717, 1.165) is 49.6 Å². The number of nitrogens with zero attached hydrogens (tertiary/aromatic N) is 4. The summed E-state index contributed by atoms with van der Waals surface area (Å²) in [4.78, 5) is 16.8. The summed E-state index contributed by atoms with van der Waals surface area (Å²) in [7, 11) is 0. The monoisotopic (exact) mass is 776 g/mol. The number of hydrogen-bond donors (Lipinski definition) is 2. The number of rotatable bonds is 6. The zero-order chi connectivity index (χ0) is 41.3. The molecule has 0 aliphatic carbocycles. The van der Waals surface area contributed by atoms with Gasteiger partial charge in [0, 0.05) is 34.6 Å². The summed E-state index contributed by atoms with van der Waals surface area (Å²) in [6.07, 6.45) is 9.74. The van der Waals surface area contributed by atoms with Crippen LogP contribution in [0.5, 0.6) is 0 Å². The summed E-state index contributed by atoms with van der Waals surface area (Å²) in [6, 6.07) is 56.9. The maximum atomic E-state index is 7.25. The lowest BCUT2D eigenvalue weighted by molar-refractivity contribution is 0.834. The fourth-order valence-electron chi connectivity index (χ4n) is 7.68. The van der Waals surface area contributed by atoms with E-state index in [0.29, 0.717) is 6.54 Å². The smallest absolute Gasteiger partial charge is 0.151 e. The zero-order valence-corrected chi connectivity index (χ0v) is 33.5. The van der Waals surface area contributed by atoms with Crippen molar-refractivity contribution in [3.8, 4) is 22.3 Å². The van der Waals surface area contributed by atoms with Crippen molar-refractivity contribution in [1.29, 1.82) is 5.41 Å². The van der Waals surface area contributed by atoms with Gasteiger partial charge in [-0.3, -0.25) is 20.4 Å². The molecule has 3 heterocycles. The van der Waals surface area contributed by atoms with E-state index in [1.807, 2.05) is 73.2 Å². The molecule has 1 atom stereocenters. The molecule has 290 valence electrons. The van der Waals surface area contributed by atoms with Gasteiger partial charge in [-0.2, -0.15) is 0 Å². The number of benzene rings is 7. The average Bonchev–Trinajstić information content (AvgIpc) is 3.32. The molecule has 2 N–H and O–H groups in total. The second-order valence-electron chi connectivity index (χ2n) is 14.6. The Bertz CT molecular complexity index is 3040. The lowest BCUT2D eigenvalue weighted by atomic mass is 9.90. The van der Waals surface area contributed by atoms with Crippen molar-refractivity contribution in [2.45, 2.75) is 19.5 Å². The highest BCUT2D eigenvalue weighted by Crippen LogP contribution is 2.37. The molecule has 0 fully saturated rings. The molecule has 1 aromatic heterocycles. The van der Waals surface area contributed by atoms with Crippen LogP contribution in [0, 0.1) is 12.3 Å². The summed E-state index contributed by atoms with van der Waals surface area (Å²) in [5.74, 6) is 0.223. The molecule has 0 bridgehead atoms. The van der Waals surface area contributed by atoms with Crippen molar-refractivity contribution in [3.05, 3.63) is 221 Å². The Morgan fingerprint density at radius 3 is 2.05 bits per heavy atom. The Labute approximate surface area is 350 Å². The van der Waals surface area contributed by atoms with E-state index in [2.05, 4.69) is 167 Å². The average molecular weight is 777 g/mol. The van der Waals surface area contributed by atoms with Crippen molar-refractivity contribution >= 4 is 58.4 Å². The highest BCUT2D eigenvalue weighted by Gasteiger charge is 2.21. The van der Waals surface area contributed by atoms with Crippen LogP contribution in [0.3, 0.4) is 0 Å². The molecule has 10 rings (SSSR count). The number of fused-ring (bicyclic) bond motifs is 5. The number of aliphatic imine (C=N–C) groups is 3. The molecule has 0 saturated carbocycles. The van der Waals surface area contributed by atoms with Crippen LogP contribution in [0.25, 0.3) is 55.2 Å². The normalized spacial score (nSPS) is 13.4. The zero-order valence-electron chi connectivity index (χ0n) is 33.5. The van der Waals surface area contributed by atoms with Crippen LogP contribution in [-0.2, 0) is 6.54 Å². The maximum Gasteiger partial charge on any atom is 0.151 e. The largest absolute Gasteiger partial charge is 0.372 e. The Balaban J connectivity index is 0.000000244. The maximum absolute atomic E-state index is 7.25. The molecule has 2 aliphatic heterocycles. The van der Waals surface area contributed by atoms with E-state index in [4.69, 9.17) is 5.41 Å². The number of amidine groups is 1. The van der Waals surface area contributed by atoms with Gasteiger partial charge in [-0.1, -0.05) is 145 Å². The molecule has 1 unspecified atom stereocenters. The van der Waals surface area contributed by atoms with E-state index < -0.39 is 0 Å². The van der Waals surface area contributed by atoms with Gasteiger partial charge in [0.25, 0.3) is 0 Å². The van der Waals surface area contributed by atoms with Crippen LogP contribution >= 0.6 is 0 Å². The van der Waals surface area contributed by atoms with Crippen molar-refractivity contribution < 1.29 is 0 Å². The van der Waals surface area contributed by atoms with Crippen molar-refractivity contribution in [2.24, 2.45) is 15.0 Å². The first kappa shape index (κ1) is 39.0. The first-order chi connectivity index (χ1) is 29.5. The van der Waals surface area contributed by atoms with Crippen LogP contribution < -0.4 is 15.8 Å². The third kappa shape index (κ3) is 8.54. The van der Waals surface area contributed by atoms with Gasteiger partial charge in [-0.05, 0) is 112 Å². The van der Waals surface area contributed by atoms with Crippen molar-refractivity contribution in [2.75, 3.05) is 0 Å². The molecule has 60 heavy (non-hydrogen) atoms. The van der Waals surface area contributed by atoms with Gasteiger partial charge < -0.3 is 5.32 Å². The number of dihydropyridines is 1. The summed E-state index contributed by atoms with van der Waals surface area (Å²) in [6.45, 7) is 9.69. The molecule has 6 heteroatoms. The quantitative estimate of drug-likeness (QED) is 0.100. The predicted molar refractivity (Wildman–Crippen MR) is 254 cm³/mol. The van der Waals surface area contributed by atoms with Crippen molar-refractivity contribution in [3.63, 3.8) is 0 Å². The van der Waals surface area contributed by atoms with E-state index in [1.165, 1.54) is 38.2 Å². The molecule has 0 radical (unpaired) electrons. The fourth-order valence-corrected chi connectivity index (χ4v) is 7.68. The van der Waals surface area contributed by atoms with E-state index in [9.17, 15) is 0 Å². The Morgan fingerprint density at radius 2 is 1.33 bits per heavy atom. The van der Waals surface area contributed by atoms with E-state index in [-0.39, 0.29) is 11.9 Å². The molecule has 0 amide bonds. The minimum atomic E-state index is 0.0267. The van der Waals surface area contributed by atoms with E-state index in [1.54, 1.807) is 0 Å². The topological polar surface area (TPSA) is 85.8 Å². The fraction of sp³-hybridized carbons (Fsp3) is 0.0556. The number of aryl methyl sites for hydroxylation is 1. The van der Waals surface area contributed by atoms with Crippen LogP contribution in [0.15, 0.2) is 203 Å². The van der Waals surface area contributed by atoms with Crippen LogP contribution in [-0.4, -0.2) is 36.5 Å². The van der Waals surface area contributed by atoms with Gasteiger partial charge in [-0.25, -0.2) is 4.99 Å². The Hall–Kier alpha value is -7.83. The molecule has 2 aliphatic rings. The number of pyridine rings is 1. The summed E-state index contributed by atoms with van der Waals surface area (Å²) in [5, 5.41) is 18.2. The van der Waals surface area contributed by atoms with Gasteiger partial charge in [-0.15, -0.1) is 0 Å². The molecular weight excluding hydrogens is 733 g/mol. The van der Waals surface area contributed by atoms with Crippen LogP contribution in [0.4, 0.5) is 0 Å². The first-order valence-corrected chi connectivity index (χ1v) is 19.9. The van der Waals surface area contributed by atoms with Gasteiger partial charge >= 0.3 is 0 Å². The molecule has 7 aromatic carbocycles. The van der Waals surface area contributed by atoms with Gasteiger partial charge in [0.2, 0.25) is 0 Å². The van der Waals surface area contributed by atoms with Gasteiger partial charge in [0.15, 0.2) is 5.84 Å². The third-order valence-electron chi connectivity index (χ3n) is 10.6. The van der Waals surface area contributed by atoms with Gasteiger partial charge in [0.05, 0.1) is 24.0 Å². The minimum absolute atomic E-state index is 0.0267. The minimum Gasteiger partial charge on any atom is -0.372 e. The number of aromatic nitrogens is 1. The Kier molecular flexibility index (Phi) is 11.8. The van der Waals surface area contributed by atoms with E-state index >= 15 is 0 Å². The lowest BCUT2D eigenvalue weighted by Gasteiger charge is -2.25. The predicted octanol–water partition coefficient (Wildman–Crippen LogP) is 10.5. The number of hydrogen-bond acceptors (Lipinski definition) is 5. The first-order valence-electron chi connectivity index (χ1n) is 19.9. The highest BCUT2D eigenvalue weighted by atomic mass is 15.0. The second kappa shape index (κ2) is 18.2.